The zero-order chi connectivity index (χ0) is 9.52. The summed E-state index contributed by atoms with van der Waals surface area (Å²) in [5.74, 6) is 0. The summed E-state index contributed by atoms with van der Waals surface area (Å²) >= 11 is 0. The smallest absolute Gasteiger partial charge is 0.211 e. The number of benzene rings is 1. The minimum atomic E-state index is 0.542. The van der Waals surface area contributed by atoms with Gasteiger partial charge >= 0.3 is 0 Å². The summed E-state index contributed by atoms with van der Waals surface area (Å²) < 4.78 is 0. The number of hydrogen-bond acceptors (Lipinski definition) is 2. The summed E-state index contributed by atoms with van der Waals surface area (Å²) in [6.07, 6.45) is 3.41. The van der Waals surface area contributed by atoms with E-state index in [4.69, 9.17) is 0 Å². The van der Waals surface area contributed by atoms with Gasteiger partial charge in [0.05, 0.1) is 6.54 Å². The van der Waals surface area contributed by atoms with Gasteiger partial charge in [0.15, 0.2) is 0 Å². The summed E-state index contributed by atoms with van der Waals surface area (Å²) in [5, 5.41) is 0. The van der Waals surface area contributed by atoms with Crippen LogP contribution < -0.4 is 0 Å². The Labute approximate surface area is 78.3 Å². The topological polar surface area (TPSA) is 29.4 Å². The zero-order valence-corrected chi connectivity index (χ0v) is 7.79. The third-order valence-corrected chi connectivity index (χ3v) is 2.06. The van der Waals surface area contributed by atoms with Gasteiger partial charge in [0.2, 0.25) is 6.08 Å². The molecule has 0 spiro atoms. The average Bonchev–Trinajstić information content (AvgIpc) is 2.19. The van der Waals surface area contributed by atoms with Crippen molar-refractivity contribution < 1.29 is 4.79 Å². The standard InChI is InChI=1S/C11H13NO/c1-2-10-5-3-4-6-11(10)7-8-12-9-13/h3-6H,2,7-8H2,1H3. The van der Waals surface area contributed by atoms with Gasteiger partial charge in [-0.15, -0.1) is 0 Å². The van der Waals surface area contributed by atoms with E-state index < -0.39 is 0 Å². The van der Waals surface area contributed by atoms with Crippen molar-refractivity contribution in [3.05, 3.63) is 35.4 Å². The Morgan fingerprint density at radius 1 is 1.31 bits per heavy atom. The normalized spacial score (nSPS) is 9.31. The monoisotopic (exact) mass is 175 g/mol. The molecule has 0 unspecified atom stereocenters. The average molecular weight is 175 g/mol. The lowest BCUT2D eigenvalue weighted by atomic mass is 10.0. The van der Waals surface area contributed by atoms with Crippen molar-refractivity contribution in [1.82, 2.24) is 0 Å². The van der Waals surface area contributed by atoms with Crippen molar-refractivity contribution in [3.63, 3.8) is 0 Å². The first-order chi connectivity index (χ1) is 6.38. The number of carbonyl (C=O) groups excluding carboxylic acids is 1. The Balaban J connectivity index is 2.69. The highest BCUT2D eigenvalue weighted by Gasteiger charge is 1.97. The maximum Gasteiger partial charge on any atom is 0.234 e. The van der Waals surface area contributed by atoms with E-state index in [0.29, 0.717) is 6.54 Å². The van der Waals surface area contributed by atoms with Crippen LogP contribution in [0.15, 0.2) is 29.3 Å². The molecule has 1 aromatic carbocycles. The fourth-order valence-electron chi connectivity index (χ4n) is 1.37. The number of aryl methyl sites for hydroxylation is 1. The van der Waals surface area contributed by atoms with Crippen molar-refractivity contribution in [1.29, 1.82) is 0 Å². The molecular formula is C11H13NO. The highest BCUT2D eigenvalue weighted by molar-refractivity contribution is 5.33. The SMILES string of the molecule is CCc1ccccc1CCN=C=O. The molecule has 0 aliphatic carbocycles. The molecule has 0 N–H and O–H groups in total. The van der Waals surface area contributed by atoms with E-state index in [-0.39, 0.29) is 0 Å². The lowest BCUT2D eigenvalue weighted by Crippen LogP contribution is -1.94. The quantitative estimate of drug-likeness (QED) is 0.509. The molecule has 0 aliphatic rings. The molecule has 1 rings (SSSR count). The molecule has 2 heteroatoms. The van der Waals surface area contributed by atoms with Gasteiger partial charge in [0, 0.05) is 0 Å². The van der Waals surface area contributed by atoms with Crippen molar-refractivity contribution in [2.75, 3.05) is 6.54 Å². The lowest BCUT2D eigenvalue weighted by molar-refractivity contribution is 0.563. The van der Waals surface area contributed by atoms with Crippen LogP contribution in [0.1, 0.15) is 18.1 Å². The molecule has 0 fully saturated rings. The molecule has 68 valence electrons. The van der Waals surface area contributed by atoms with Crippen molar-refractivity contribution in [2.45, 2.75) is 19.8 Å². The molecule has 0 bridgehead atoms. The molecule has 2 nitrogen and oxygen atoms in total. The van der Waals surface area contributed by atoms with E-state index in [1.54, 1.807) is 6.08 Å². The number of nitrogens with zero attached hydrogens (tertiary/aromatic N) is 1. The molecule has 0 radical (unpaired) electrons. The molecule has 0 saturated heterocycles. The van der Waals surface area contributed by atoms with Crippen LogP contribution in [-0.2, 0) is 17.6 Å². The van der Waals surface area contributed by atoms with Crippen LogP contribution in [0, 0.1) is 0 Å². The van der Waals surface area contributed by atoms with Crippen LogP contribution in [0.5, 0.6) is 0 Å². The molecule has 13 heavy (non-hydrogen) atoms. The Kier molecular flexibility index (Phi) is 3.94. The van der Waals surface area contributed by atoms with E-state index in [9.17, 15) is 4.79 Å². The molecule has 0 atom stereocenters. The third-order valence-electron chi connectivity index (χ3n) is 2.06. The minimum absolute atomic E-state index is 0.542. The van der Waals surface area contributed by atoms with Crippen LogP contribution >= 0.6 is 0 Å². The van der Waals surface area contributed by atoms with Crippen molar-refractivity contribution >= 4 is 6.08 Å². The van der Waals surface area contributed by atoms with Gasteiger partial charge < -0.3 is 0 Å². The second-order valence-corrected chi connectivity index (χ2v) is 2.85. The predicted octanol–water partition coefficient (Wildman–Crippen LogP) is 2.13. The van der Waals surface area contributed by atoms with Crippen molar-refractivity contribution in [2.24, 2.45) is 4.99 Å². The van der Waals surface area contributed by atoms with Gasteiger partial charge in [-0.05, 0) is 24.0 Å². The Morgan fingerprint density at radius 3 is 2.62 bits per heavy atom. The van der Waals surface area contributed by atoms with Crippen LogP contribution in [0.25, 0.3) is 0 Å². The van der Waals surface area contributed by atoms with E-state index in [1.807, 2.05) is 12.1 Å². The van der Waals surface area contributed by atoms with E-state index in [2.05, 4.69) is 24.0 Å². The number of isocyanates is 1. The predicted molar refractivity (Wildman–Crippen MR) is 52.5 cm³/mol. The maximum atomic E-state index is 9.86. The second-order valence-electron chi connectivity index (χ2n) is 2.85. The fourth-order valence-corrected chi connectivity index (χ4v) is 1.37. The second kappa shape index (κ2) is 5.28. The molecule has 1 aromatic rings. The first-order valence-corrected chi connectivity index (χ1v) is 4.49. The van der Waals surface area contributed by atoms with Gasteiger partial charge in [0.25, 0.3) is 0 Å². The molecule has 0 aromatic heterocycles. The van der Waals surface area contributed by atoms with Crippen LogP contribution in [0.3, 0.4) is 0 Å². The minimum Gasteiger partial charge on any atom is -0.211 e. The van der Waals surface area contributed by atoms with Crippen LogP contribution in [-0.4, -0.2) is 12.6 Å². The number of hydrogen-bond donors (Lipinski definition) is 0. The molecule has 0 heterocycles. The number of aliphatic imine (C=N–C) groups is 1. The summed E-state index contributed by atoms with van der Waals surface area (Å²) in [7, 11) is 0. The van der Waals surface area contributed by atoms with Gasteiger partial charge in [-0.1, -0.05) is 31.2 Å². The maximum absolute atomic E-state index is 9.86. The summed E-state index contributed by atoms with van der Waals surface area (Å²) in [6, 6.07) is 8.24. The Hall–Kier alpha value is -1.40. The van der Waals surface area contributed by atoms with Crippen molar-refractivity contribution in [3.8, 4) is 0 Å². The van der Waals surface area contributed by atoms with E-state index in [0.717, 1.165) is 12.8 Å². The van der Waals surface area contributed by atoms with Crippen LogP contribution in [0.2, 0.25) is 0 Å². The van der Waals surface area contributed by atoms with E-state index in [1.165, 1.54) is 11.1 Å². The molecule has 0 aliphatic heterocycles. The zero-order valence-electron chi connectivity index (χ0n) is 7.79. The summed E-state index contributed by atoms with van der Waals surface area (Å²) in [4.78, 5) is 13.4. The molecule has 0 saturated carbocycles. The third kappa shape index (κ3) is 2.85. The Morgan fingerprint density at radius 2 is 2.00 bits per heavy atom. The molecule has 0 amide bonds. The lowest BCUT2D eigenvalue weighted by Gasteiger charge is -2.04. The van der Waals surface area contributed by atoms with Gasteiger partial charge in [-0.25, -0.2) is 9.79 Å². The first-order valence-electron chi connectivity index (χ1n) is 4.49. The van der Waals surface area contributed by atoms with Gasteiger partial charge in [-0.2, -0.15) is 0 Å². The van der Waals surface area contributed by atoms with Gasteiger partial charge in [-0.3, -0.25) is 0 Å². The van der Waals surface area contributed by atoms with Crippen LogP contribution in [0.4, 0.5) is 0 Å². The summed E-state index contributed by atoms with van der Waals surface area (Å²) in [6.45, 7) is 2.67. The highest BCUT2D eigenvalue weighted by Crippen LogP contribution is 2.09. The number of rotatable bonds is 4. The highest BCUT2D eigenvalue weighted by atomic mass is 16.1. The van der Waals surface area contributed by atoms with Gasteiger partial charge in [0.1, 0.15) is 0 Å². The van der Waals surface area contributed by atoms with E-state index >= 15 is 0 Å². The fraction of sp³-hybridized carbons (Fsp3) is 0.364. The Bertz CT molecular complexity index is 314. The summed E-state index contributed by atoms with van der Waals surface area (Å²) in [5.41, 5.74) is 2.62. The molecular weight excluding hydrogens is 162 g/mol. The largest absolute Gasteiger partial charge is 0.234 e. The first kappa shape index (κ1) is 9.69.